The average Bonchev–Trinajstić information content (AvgIpc) is 3.13. The molecule has 0 bridgehead atoms. The Kier molecular flexibility index (Phi) is 4.76. The Hall–Kier alpha value is -1.85. The number of anilines is 1. The van der Waals surface area contributed by atoms with Crippen LogP contribution in [0.5, 0.6) is 0 Å². The third kappa shape index (κ3) is 3.18. The Morgan fingerprint density at radius 3 is 3.05 bits per heavy atom. The zero-order chi connectivity index (χ0) is 13.1. The minimum atomic E-state index is 0. The Morgan fingerprint density at radius 1 is 1.45 bits per heavy atom. The molecule has 106 valence electrons. The number of rotatable bonds is 3. The van der Waals surface area contributed by atoms with Gasteiger partial charge in [-0.05, 0) is 25.1 Å². The molecule has 1 saturated heterocycles. The topological polar surface area (TPSA) is 67.2 Å². The van der Waals surface area contributed by atoms with E-state index in [1.54, 1.807) is 6.20 Å². The van der Waals surface area contributed by atoms with E-state index >= 15 is 0 Å². The lowest BCUT2D eigenvalue weighted by Gasteiger charge is -2.10. The summed E-state index contributed by atoms with van der Waals surface area (Å²) >= 11 is 0. The summed E-state index contributed by atoms with van der Waals surface area (Å²) < 4.78 is 5.25. The Morgan fingerprint density at radius 2 is 2.35 bits per heavy atom. The molecule has 1 aliphatic rings. The van der Waals surface area contributed by atoms with Gasteiger partial charge in [0, 0.05) is 17.8 Å². The van der Waals surface area contributed by atoms with E-state index in [0.717, 1.165) is 30.8 Å². The maximum atomic E-state index is 12.0. The number of benzene rings is 1. The van der Waals surface area contributed by atoms with Crippen LogP contribution in [0.15, 0.2) is 41.3 Å². The molecule has 1 amide bonds. The highest BCUT2D eigenvalue weighted by Crippen LogP contribution is 2.22. The van der Waals surface area contributed by atoms with Crippen LogP contribution in [0.25, 0.3) is 11.3 Å². The fourth-order valence-electron chi connectivity index (χ4n) is 2.23. The van der Waals surface area contributed by atoms with Crippen LogP contribution in [0.2, 0.25) is 0 Å². The number of aromatic nitrogens is 1. The normalized spacial score (nSPS) is 17.5. The number of nitrogens with one attached hydrogen (secondary N) is 2. The molecule has 3 rings (SSSR count). The molecule has 0 radical (unpaired) electrons. The highest BCUT2D eigenvalue weighted by molar-refractivity contribution is 5.93. The minimum absolute atomic E-state index is 0. The summed E-state index contributed by atoms with van der Waals surface area (Å²) in [5.74, 6) is 0.826. The smallest absolute Gasteiger partial charge is 0.228 e. The first-order valence-electron chi connectivity index (χ1n) is 6.33. The fourth-order valence-corrected chi connectivity index (χ4v) is 2.23. The molecule has 1 atom stereocenters. The summed E-state index contributed by atoms with van der Waals surface area (Å²) in [6, 6.07) is 7.58. The van der Waals surface area contributed by atoms with E-state index in [9.17, 15) is 4.79 Å². The van der Waals surface area contributed by atoms with Gasteiger partial charge in [-0.25, -0.2) is 4.98 Å². The number of amides is 1. The molecule has 2 N–H and O–H groups in total. The van der Waals surface area contributed by atoms with E-state index in [2.05, 4.69) is 15.6 Å². The van der Waals surface area contributed by atoms with Gasteiger partial charge in [-0.2, -0.15) is 0 Å². The minimum Gasteiger partial charge on any atom is -0.444 e. The van der Waals surface area contributed by atoms with Crippen molar-refractivity contribution in [1.82, 2.24) is 10.3 Å². The summed E-state index contributed by atoms with van der Waals surface area (Å²) in [7, 11) is 0. The van der Waals surface area contributed by atoms with Crippen molar-refractivity contribution >= 4 is 24.0 Å². The third-order valence-corrected chi connectivity index (χ3v) is 3.28. The number of oxazole rings is 1. The van der Waals surface area contributed by atoms with Crippen LogP contribution in [0.4, 0.5) is 5.69 Å². The molecule has 0 spiro atoms. The van der Waals surface area contributed by atoms with Crippen LogP contribution in [0.3, 0.4) is 0 Å². The summed E-state index contributed by atoms with van der Waals surface area (Å²) in [5, 5.41) is 6.13. The molecule has 1 unspecified atom stereocenters. The third-order valence-electron chi connectivity index (χ3n) is 3.28. The van der Waals surface area contributed by atoms with Crippen molar-refractivity contribution in [1.29, 1.82) is 0 Å². The van der Waals surface area contributed by atoms with Crippen molar-refractivity contribution < 1.29 is 9.21 Å². The molecular formula is C14H16ClN3O2. The van der Waals surface area contributed by atoms with Gasteiger partial charge in [0.15, 0.2) is 12.2 Å². The SMILES string of the molecule is Cl.O=C(Nc1cccc(-c2cnco2)c1)C1CCNC1. The van der Waals surface area contributed by atoms with Gasteiger partial charge < -0.3 is 15.1 Å². The molecule has 1 aliphatic heterocycles. The van der Waals surface area contributed by atoms with Gasteiger partial charge in [0.05, 0.1) is 12.1 Å². The number of hydrogen-bond acceptors (Lipinski definition) is 4. The summed E-state index contributed by atoms with van der Waals surface area (Å²) in [5.41, 5.74) is 1.69. The van der Waals surface area contributed by atoms with Crippen molar-refractivity contribution in [3.05, 3.63) is 36.9 Å². The van der Waals surface area contributed by atoms with E-state index in [0.29, 0.717) is 5.76 Å². The molecule has 0 aliphatic carbocycles. The lowest BCUT2D eigenvalue weighted by molar-refractivity contribution is -0.119. The lowest BCUT2D eigenvalue weighted by Crippen LogP contribution is -2.24. The molecule has 2 aromatic rings. The fraction of sp³-hybridized carbons (Fsp3) is 0.286. The molecule has 6 heteroatoms. The largest absolute Gasteiger partial charge is 0.444 e. The second kappa shape index (κ2) is 6.54. The average molecular weight is 294 g/mol. The predicted molar refractivity (Wildman–Crippen MR) is 78.8 cm³/mol. The van der Waals surface area contributed by atoms with Crippen molar-refractivity contribution in [3.63, 3.8) is 0 Å². The Balaban J connectivity index is 0.00000147. The van der Waals surface area contributed by atoms with Gasteiger partial charge in [-0.3, -0.25) is 4.79 Å². The van der Waals surface area contributed by atoms with Gasteiger partial charge in [0.1, 0.15) is 0 Å². The molecule has 1 aromatic heterocycles. The van der Waals surface area contributed by atoms with Crippen LogP contribution in [-0.4, -0.2) is 24.0 Å². The zero-order valence-corrected chi connectivity index (χ0v) is 11.7. The van der Waals surface area contributed by atoms with Gasteiger partial charge in [0.2, 0.25) is 5.91 Å². The summed E-state index contributed by atoms with van der Waals surface area (Å²) in [4.78, 5) is 15.9. The van der Waals surface area contributed by atoms with Crippen molar-refractivity contribution in [3.8, 4) is 11.3 Å². The molecule has 20 heavy (non-hydrogen) atoms. The first-order chi connectivity index (χ1) is 9.33. The molecule has 0 saturated carbocycles. The van der Waals surface area contributed by atoms with Gasteiger partial charge in [0.25, 0.3) is 0 Å². The summed E-state index contributed by atoms with van der Waals surface area (Å²) in [6.07, 6.45) is 3.94. The number of halogens is 1. The van der Waals surface area contributed by atoms with Gasteiger partial charge in [-0.15, -0.1) is 12.4 Å². The quantitative estimate of drug-likeness (QED) is 0.911. The zero-order valence-electron chi connectivity index (χ0n) is 10.8. The Labute approximate surface area is 123 Å². The number of carbonyl (C=O) groups is 1. The van der Waals surface area contributed by atoms with Crippen LogP contribution in [0.1, 0.15) is 6.42 Å². The van der Waals surface area contributed by atoms with Crippen molar-refractivity contribution in [2.45, 2.75) is 6.42 Å². The first kappa shape index (κ1) is 14.6. The maximum absolute atomic E-state index is 12.0. The summed E-state index contributed by atoms with van der Waals surface area (Å²) in [6.45, 7) is 1.67. The lowest BCUT2D eigenvalue weighted by atomic mass is 10.1. The maximum Gasteiger partial charge on any atom is 0.228 e. The molecule has 1 fully saturated rings. The van der Waals surface area contributed by atoms with E-state index < -0.39 is 0 Å². The molecule has 2 heterocycles. The van der Waals surface area contributed by atoms with Crippen LogP contribution in [-0.2, 0) is 4.79 Å². The standard InChI is InChI=1S/C14H15N3O2.ClH/c18-14(11-4-5-15-7-11)17-12-3-1-2-10(6-12)13-8-16-9-19-13;/h1-3,6,8-9,11,15H,4-5,7H2,(H,17,18);1H. The number of nitrogens with zero attached hydrogens (tertiary/aromatic N) is 1. The van der Waals surface area contributed by atoms with E-state index in [4.69, 9.17) is 4.42 Å². The van der Waals surface area contributed by atoms with E-state index in [1.165, 1.54) is 6.39 Å². The predicted octanol–water partition coefficient (Wildman–Crippen LogP) is 2.31. The number of carbonyl (C=O) groups excluding carboxylic acids is 1. The first-order valence-corrected chi connectivity index (χ1v) is 6.33. The van der Waals surface area contributed by atoms with E-state index in [1.807, 2.05) is 24.3 Å². The molecule has 1 aromatic carbocycles. The van der Waals surface area contributed by atoms with Crippen LogP contribution >= 0.6 is 12.4 Å². The van der Waals surface area contributed by atoms with E-state index in [-0.39, 0.29) is 24.2 Å². The highest BCUT2D eigenvalue weighted by Gasteiger charge is 2.22. The highest BCUT2D eigenvalue weighted by atomic mass is 35.5. The monoisotopic (exact) mass is 293 g/mol. The second-order valence-corrected chi connectivity index (χ2v) is 4.63. The van der Waals surface area contributed by atoms with Crippen molar-refractivity contribution in [2.24, 2.45) is 5.92 Å². The molecule has 5 nitrogen and oxygen atoms in total. The van der Waals surface area contributed by atoms with Gasteiger partial charge in [-0.1, -0.05) is 12.1 Å². The van der Waals surface area contributed by atoms with Crippen molar-refractivity contribution in [2.75, 3.05) is 18.4 Å². The second-order valence-electron chi connectivity index (χ2n) is 4.63. The Bertz CT molecular complexity index is 566. The van der Waals surface area contributed by atoms with Crippen LogP contribution < -0.4 is 10.6 Å². The number of hydrogen-bond donors (Lipinski definition) is 2. The van der Waals surface area contributed by atoms with Gasteiger partial charge >= 0.3 is 0 Å². The molecular weight excluding hydrogens is 278 g/mol. The van der Waals surface area contributed by atoms with Crippen LogP contribution in [0, 0.1) is 5.92 Å².